The van der Waals surface area contributed by atoms with Gasteiger partial charge < -0.3 is 14.6 Å². The van der Waals surface area contributed by atoms with Crippen LogP contribution in [0.2, 0.25) is 0 Å². The van der Waals surface area contributed by atoms with Gasteiger partial charge in [-0.3, -0.25) is 0 Å². The van der Waals surface area contributed by atoms with Crippen molar-refractivity contribution >= 4 is 15.9 Å². The quantitative estimate of drug-likeness (QED) is 0.903. The number of halogens is 1. The SMILES string of the molecule is COc1ccc(C(O)Cc2cccc(Br)c2)c(OC)c1. The summed E-state index contributed by atoms with van der Waals surface area (Å²) in [6.45, 7) is 0. The van der Waals surface area contributed by atoms with Crippen molar-refractivity contribution in [3.05, 3.63) is 58.1 Å². The van der Waals surface area contributed by atoms with Gasteiger partial charge in [0.1, 0.15) is 11.5 Å². The number of rotatable bonds is 5. The lowest BCUT2D eigenvalue weighted by atomic mass is 10.0. The minimum Gasteiger partial charge on any atom is -0.497 e. The summed E-state index contributed by atoms with van der Waals surface area (Å²) < 4.78 is 11.5. The summed E-state index contributed by atoms with van der Waals surface area (Å²) in [5, 5.41) is 10.4. The van der Waals surface area contributed by atoms with Crippen molar-refractivity contribution in [2.45, 2.75) is 12.5 Å². The van der Waals surface area contributed by atoms with Gasteiger partial charge in [-0.25, -0.2) is 0 Å². The Bertz CT molecular complexity index is 584. The Morgan fingerprint density at radius 3 is 2.55 bits per heavy atom. The van der Waals surface area contributed by atoms with Gasteiger partial charge in [0, 0.05) is 22.5 Å². The molecule has 0 saturated heterocycles. The minimum absolute atomic E-state index is 0.530. The van der Waals surface area contributed by atoms with Crippen LogP contribution >= 0.6 is 15.9 Å². The third kappa shape index (κ3) is 3.52. The molecule has 0 fully saturated rings. The molecule has 0 radical (unpaired) electrons. The normalized spacial score (nSPS) is 12.0. The molecule has 0 aliphatic carbocycles. The molecule has 3 nitrogen and oxygen atoms in total. The Balaban J connectivity index is 2.22. The standard InChI is InChI=1S/C16H17BrO3/c1-19-13-6-7-14(16(10-13)20-2)15(18)9-11-4-3-5-12(17)8-11/h3-8,10,15,18H,9H2,1-2H3. The van der Waals surface area contributed by atoms with E-state index in [9.17, 15) is 5.11 Å². The largest absolute Gasteiger partial charge is 0.497 e. The molecule has 0 aliphatic rings. The highest BCUT2D eigenvalue weighted by Gasteiger charge is 2.15. The van der Waals surface area contributed by atoms with E-state index in [1.165, 1.54) is 0 Å². The first-order valence-corrected chi connectivity index (χ1v) is 7.07. The lowest BCUT2D eigenvalue weighted by Gasteiger charge is -2.16. The number of hydrogen-bond acceptors (Lipinski definition) is 3. The molecule has 0 aliphatic heterocycles. The number of aliphatic hydroxyl groups excluding tert-OH is 1. The van der Waals surface area contributed by atoms with Crippen LogP contribution in [-0.4, -0.2) is 19.3 Å². The summed E-state index contributed by atoms with van der Waals surface area (Å²) in [7, 11) is 3.19. The van der Waals surface area contributed by atoms with Gasteiger partial charge in [0.05, 0.1) is 20.3 Å². The van der Waals surface area contributed by atoms with Gasteiger partial charge in [-0.1, -0.05) is 28.1 Å². The molecule has 2 aromatic carbocycles. The Morgan fingerprint density at radius 1 is 1.10 bits per heavy atom. The summed E-state index contributed by atoms with van der Waals surface area (Å²) in [5.74, 6) is 1.34. The van der Waals surface area contributed by atoms with Gasteiger partial charge >= 0.3 is 0 Å². The fourth-order valence-corrected chi connectivity index (χ4v) is 2.54. The molecule has 1 N–H and O–H groups in total. The first kappa shape index (κ1) is 14.9. The molecule has 20 heavy (non-hydrogen) atoms. The Labute approximate surface area is 127 Å². The van der Waals surface area contributed by atoms with Gasteiger partial charge in [0.2, 0.25) is 0 Å². The molecular formula is C16H17BrO3. The van der Waals surface area contributed by atoms with E-state index in [-0.39, 0.29) is 0 Å². The van der Waals surface area contributed by atoms with Gasteiger partial charge in [-0.2, -0.15) is 0 Å². The van der Waals surface area contributed by atoms with Crippen molar-refractivity contribution in [3.63, 3.8) is 0 Å². The second kappa shape index (κ2) is 6.77. The van der Waals surface area contributed by atoms with Crippen molar-refractivity contribution in [2.75, 3.05) is 14.2 Å². The highest BCUT2D eigenvalue weighted by atomic mass is 79.9. The van der Waals surface area contributed by atoms with Crippen LogP contribution in [0.3, 0.4) is 0 Å². The van der Waals surface area contributed by atoms with Crippen molar-refractivity contribution in [3.8, 4) is 11.5 Å². The zero-order valence-corrected chi connectivity index (χ0v) is 13.1. The van der Waals surface area contributed by atoms with Crippen LogP contribution in [0.4, 0.5) is 0 Å². The second-order valence-electron chi connectivity index (χ2n) is 4.46. The second-order valence-corrected chi connectivity index (χ2v) is 5.37. The molecule has 0 spiro atoms. The molecule has 1 atom stereocenters. The van der Waals surface area contributed by atoms with Gasteiger partial charge in [0.25, 0.3) is 0 Å². The van der Waals surface area contributed by atoms with Crippen LogP contribution in [0.1, 0.15) is 17.2 Å². The molecular weight excluding hydrogens is 320 g/mol. The van der Waals surface area contributed by atoms with Gasteiger partial charge in [0.15, 0.2) is 0 Å². The number of ether oxygens (including phenoxy) is 2. The Morgan fingerprint density at radius 2 is 1.90 bits per heavy atom. The lowest BCUT2D eigenvalue weighted by molar-refractivity contribution is 0.174. The van der Waals surface area contributed by atoms with E-state index in [1.54, 1.807) is 20.3 Å². The number of methoxy groups -OCH3 is 2. The molecule has 0 heterocycles. The Hall–Kier alpha value is -1.52. The highest BCUT2D eigenvalue weighted by molar-refractivity contribution is 9.10. The van der Waals surface area contributed by atoms with E-state index < -0.39 is 6.10 Å². The van der Waals surface area contributed by atoms with Crippen molar-refractivity contribution < 1.29 is 14.6 Å². The molecule has 2 rings (SSSR count). The fourth-order valence-electron chi connectivity index (χ4n) is 2.09. The number of benzene rings is 2. The molecule has 4 heteroatoms. The third-order valence-corrected chi connectivity index (χ3v) is 3.61. The molecule has 106 valence electrons. The predicted octanol–water partition coefficient (Wildman–Crippen LogP) is 3.74. The van der Waals surface area contributed by atoms with Gasteiger partial charge in [-0.15, -0.1) is 0 Å². The van der Waals surface area contributed by atoms with E-state index in [4.69, 9.17) is 9.47 Å². The molecule has 0 aromatic heterocycles. The molecule has 0 amide bonds. The van der Waals surface area contributed by atoms with Crippen molar-refractivity contribution in [2.24, 2.45) is 0 Å². The highest BCUT2D eigenvalue weighted by Crippen LogP contribution is 2.31. The summed E-state index contributed by atoms with van der Waals surface area (Å²) in [6.07, 6.45) is -0.0903. The van der Waals surface area contributed by atoms with E-state index >= 15 is 0 Å². The van der Waals surface area contributed by atoms with E-state index in [0.717, 1.165) is 15.6 Å². The maximum atomic E-state index is 10.4. The summed E-state index contributed by atoms with van der Waals surface area (Å²) in [5.41, 5.74) is 1.82. The summed E-state index contributed by atoms with van der Waals surface area (Å²) in [4.78, 5) is 0. The minimum atomic E-state index is -0.620. The number of hydrogen-bond donors (Lipinski definition) is 1. The first-order chi connectivity index (χ1) is 9.63. The fraction of sp³-hybridized carbons (Fsp3) is 0.250. The van der Waals surface area contributed by atoms with Crippen molar-refractivity contribution in [1.82, 2.24) is 0 Å². The number of aliphatic hydroxyl groups is 1. The topological polar surface area (TPSA) is 38.7 Å². The molecule has 1 unspecified atom stereocenters. The van der Waals surface area contributed by atoms with E-state index in [2.05, 4.69) is 15.9 Å². The Kier molecular flexibility index (Phi) is 5.04. The van der Waals surface area contributed by atoms with Crippen LogP contribution < -0.4 is 9.47 Å². The van der Waals surface area contributed by atoms with E-state index in [1.807, 2.05) is 36.4 Å². The first-order valence-electron chi connectivity index (χ1n) is 6.28. The summed E-state index contributed by atoms with van der Waals surface area (Å²) in [6, 6.07) is 13.3. The lowest BCUT2D eigenvalue weighted by Crippen LogP contribution is -2.04. The van der Waals surface area contributed by atoms with Crippen LogP contribution in [0.5, 0.6) is 11.5 Å². The molecule has 0 bridgehead atoms. The predicted molar refractivity (Wildman–Crippen MR) is 82.4 cm³/mol. The molecule has 2 aromatic rings. The van der Waals surface area contributed by atoms with Crippen LogP contribution in [-0.2, 0) is 6.42 Å². The zero-order valence-electron chi connectivity index (χ0n) is 11.5. The summed E-state index contributed by atoms with van der Waals surface area (Å²) >= 11 is 3.43. The van der Waals surface area contributed by atoms with Crippen LogP contribution in [0, 0.1) is 0 Å². The third-order valence-electron chi connectivity index (χ3n) is 3.12. The average Bonchev–Trinajstić information content (AvgIpc) is 2.46. The monoisotopic (exact) mass is 336 g/mol. The smallest absolute Gasteiger partial charge is 0.128 e. The van der Waals surface area contributed by atoms with E-state index in [0.29, 0.717) is 17.9 Å². The maximum Gasteiger partial charge on any atom is 0.128 e. The van der Waals surface area contributed by atoms with Gasteiger partial charge in [-0.05, 0) is 29.8 Å². The van der Waals surface area contributed by atoms with Crippen LogP contribution in [0.25, 0.3) is 0 Å². The zero-order chi connectivity index (χ0) is 14.5. The average molecular weight is 337 g/mol. The van der Waals surface area contributed by atoms with Crippen LogP contribution in [0.15, 0.2) is 46.9 Å². The van der Waals surface area contributed by atoms with Crippen molar-refractivity contribution in [1.29, 1.82) is 0 Å². The molecule has 0 saturated carbocycles. The maximum absolute atomic E-state index is 10.4.